The van der Waals surface area contributed by atoms with Gasteiger partial charge in [0, 0.05) is 18.5 Å². The molecule has 0 aromatic heterocycles. The number of rotatable bonds is 4. The van der Waals surface area contributed by atoms with Crippen LogP contribution in [0.5, 0.6) is 0 Å². The minimum absolute atomic E-state index is 0.225. The van der Waals surface area contributed by atoms with Gasteiger partial charge in [0.05, 0.1) is 29.1 Å². The number of benzene rings is 1. The molecule has 0 saturated carbocycles. The van der Waals surface area contributed by atoms with Crippen molar-refractivity contribution in [2.75, 3.05) is 13.2 Å². The second kappa shape index (κ2) is 6.43. The van der Waals surface area contributed by atoms with Crippen LogP contribution in [0.4, 0.5) is 0 Å². The quantitative estimate of drug-likeness (QED) is 0.582. The van der Waals surface area contributed by atoms with Gasteiger partial charge in [-0.2, -0.15) is 4.31 Å². The SMILES string of the molecule is CCOC(=O)[C@@H]1[C@@H]2C=C[C@@]3(C[C@H](C)N(S(=O)(=O)c4ccc(C)cc4)C[C@@H]13)O2. The predicted octanol–water partition coefficient (Wildman–Crippen LogP) is 2.28. The topological polar surface area (TPSA) is 72.9 Å². The lowest BCUT2D eigenvalue weighted by Gasteiger charge is -2.45. The summed E-state index contributed by atoms with van der Waals surface area (Å²) in [4.78, 5) is 12.8. The Labute approximate surface area is 160 Å². The number of esters is 1. The summed E-state index contributed by atoms with van der Waals surface area (Å²) in [5, 5.41) is 0. The van der Waals surface area contributed by atoms with Gasteiger partial charge in [0.15, 0.2) is 0 Å². The van der Waals surface area contributed by atoms with Gasteiger partial charge in [-0.3, -0.25) is 4.79 Å². The van der Waals surface area contributed by atoms with Gasteiger partial charge in [0.1, 0.15) is 0 Å². The zero-order chi connectivity index (χ0) is 19.4. The fraction of sp³-hybridized carbons (Fsp3) is 0.550. The molecule has 4 rings (SSSR count). The van der Waals surface area contributed by atoms with Gasteiger partial charge in [-0.25, -0.2) is 8.42 Å². The van der Waals surface area contributed by atoms with Crippen molar-refractivity contribution in [2.24, 2.45) is 11.8 Å². The lowest BCUT2D eigenvalue weighted by Crippen LogP contribution is -2.57. The number of fused-ring (bicyclic) bond motifs is 1. The van der Waals surface area contributed by atoms with Gasteiger partial charge >= 0.3 is 5.97 Å². The van der Waals surface area contributed by atoms with Gasteiger partial charge in [-0.05, 0) is 39.3 Å². The van der Waals surface area contributed by atoms with Crippen molar-refractivity contribution in [1.82, 2.24) is 4.31 Å². The molecular formula is C20H25NO5S. The summed E-state index contributed by atoms with van der Waals surface area (Å²) in [6.45, 7) is 6.15. The maximum Gasteiger partial charge on any atom is 0.312 e. The molecule has 0 N–H and O–H groups in total. The Kier molecular flexibility index (Phi) is 4.44. The molecule has 2 fully saturated rings. The first-order valence-electron chi connectivity index (χ1n) is 9.41. The zero-order valence-electron chi connectivity index (χ0n) is 15.8. The van der Waals surface area contributed by atoms with E-state index in [0.717, 1.165) is 5.56 Å². The van der Waals surface area contributed by atoms with Crippen molar-refractivity contribution in [3.63, 3.8) is 0 Å². The van der Waals surface area contributed by atoms with Crippen molar-refractivity contribution in [2.45, 2.75) is 49.8 Å². The summed E-state index contributed by atoms with van der Waals surface area (Å²) in [6.07, 6.45) is 4.15. The first kappa shape index (κ1) is 18.7. The molecule has 1 spiro atoms. The number of piperidine rings is 1. The Morgan fingerprint density at radius 3 is 2.70 bits per heavy atom. The van der Waals surface area contributed by atoms with Crippen molar-refractivity contribution >= 4 is 16.0 Å². The highest BCUT2D eigenvalue weighted by Crippen LogP contribution is 2.53. The predicted molar refractivity (Wildman–Crippen MR) is 99.5 cm³/mol. The molecular weight excluding hydrogens is 366 g/mol. The molecule has 3 heterocycles. The normalized spacial score (nSPS) is 35.2. The maximum absolute atomic E-state index is 13.3. The highest BCUT2D eigenvalue weighted by molar-refractivity contribution is 7.89. The van der Waals surface area contributed by atoms with E-state index in [0.29, 0.717) is 13.0 Å². The third kappa shape index (κ3) is 2.83. The van der Waals surface area contributed by atoms with Crippen molar-refractivity contribution in [3.05, 3.63) is 42.0 Å². The van der Waals surface area contributed by atoms with Crippen LogP contribution < -0.4 is 0 Å². The molecule has 1 aromatic rings. The number of nitrogens with zero attached hydrogens (tertiary/aromatic N) is 1. The number of aryl methyl sites for hydroxylation is 1. The van der Waals surface area contributed by atoms with Gasteiger partial charge in [0.25, 0.3) is 0 Å². The second-order valence-electron chi connectivity index (χ2n) is 7.72. The fourth-order valence-electron chi connectivity index (χ4n) is 4.72. The van der Waals surface area contributed by atoms with Crippen molar-refractivity contribution in [1.29, 1.82) is 0 Å². The van der Waals surface area contributed by atoms with Crippen LogP contribution in [0.25, 0.3) is 0 Å². The van der Waals surface area contributed by atoms with Crippen LogP contribution in [-0.4, -0.2) is 49.6 Å². The highest BCUT2D eigenvalue weighted by atomic mass is 32.2. The molecule has 7 heteroatoms. The molecule has 0 amide bonds. The van der Waals surface area contributed by atoms with E-state index in [1.807, 2.05) is 26.0 Å². The van der Waals surface area contributed by atoms with E-state index in [1.165, 1.54) is 4.31 Å². The molecule has 27 heavy (non-hydrogen) atoms. The van der Waals surface area contributed by atoms with Crippen molar-refractivity contribution < 1.29 is 22.7 Å². The lowest BCUT2D eigenvalue weighted by atomic mass is 9.71. The molecule has 2 bridgehead atoms. The second-order valence-corrected chi connectivity index (χ2v) is 9.61. The molecule has 5 atom stereocenters. The third-order valence-electron chi connectivity index (χ3n) is 6.01. The van der Waals surface area contributed by atoms with Gasteiger partial charge in [-0.1, -0.05) is 29.8 Å². The van der Waals surface area contributed by atoms with E-state index >= 15 is 0 Å². The Balaban J connectivity index is 1.67. The molecule has 0 radical (unpaired) electrons. The van der Waals surface area contributed by atoms with E-state index in [9.17, 15) is 13.2 Å². The Bertz CT molecular complexity index is 878. The number of hydrogen-bond acceptors (Lipinski definition) is 5. The minimum Gasteiger partial charge on any atom is -0.466 e. The van der Waals surface area contributed by atoms with Crippen LogP contribution in [0, 0.1) is 18.8 Å². The van der Waals surface area contributed by atoms with Crippen LogP contribution in [-0.2, 0) is 24.3 Å². The standard InChI is InChI=1S/C20H25NO5S/c1-4-25-19(22)18-16-12-21(14(3)11-20(16)10-9-17(18)26-20)27(23,24)15-7-5-13(2)6-8-15/h5-10,14,16-18H,4,11-12H2,1-3H3/t14-,16-,17-,18-,20-/m0/s1. The van der Waals surface area contributed by atoms with E-state index < -0.39 is 21.5 Å². The summed E-state index contributed by atoms with van der Waals surface area (Å²) in [5.74, 6) is -0.998. The van der Waals surface area contributed by atoms with E-state index in [2.05, 4.69) is 0 Å². The van der Waals surface area contributed by atoms with E-state index in [4.69, 9.17) is 9.47 Å². The third-order valence-corrected chi connectivity index (χ3v) is 8.00. The largest absolute Gasteiger partial charge is 0.466 e. The van der Waals surface area contributed by atoms with Crippen LogP contribution in [0.3, 0.4) is 0 Å². The van der Waals surface area contributed by atoms with E-state index in [1.54, 1.807) is 31.2 Å². The van der Waals surface area contributed by atoms with Crippen LogP contribution >= 0.6 is 0 Å². The first-order valence-corrected chi connectivity index (χ1v) is 10.8. The van der Waals surface area contributed by atoms with Gasteiger partial charge < -0.3 is 9.47 Å². The molecule has 0 unspecified atom stereocenters. The fourth-order valence-corrected chi connectivity index (χ4v) is 6.37. The van der Waals surface area contributed by atoms with E-state index in [-0.39, 0.29) is 35.5 Å². The number of ether oxygens (including phenoxy) is 2. The maximum atomic E-state index is 13.3. The molecule has 1 aromatic carbocycles. The highest BCUT2D eigenvalue weighted by Gasteiger charge is 2.63. The molecule has 146 valence electrons. The van der Waals surface area contributed by atoms with Crippen LogP contribution in [0.2, 0.25) is 0 Å². The number of carbonyl (C=O) groups excluding carboxylic acids is 1. The average molecular weight is 391 g/mol. The monoisotopic (exact) mass is 391 g/mol. The lowest BCUT2D eigenvalue weighted by molar-refractivity contribution is -0.150. The molecule has 2 saturated heterocycles. The summed E-state index contributed by atoms with van der Waals surface area (Å²) >= 11 is 0. The van der Waals surface area contributed by atoms with Gasteiger partial charge in [0.2, 0.25) is 10.0 Å². The summed E-state index contributed by atoms with van der Waals surface area (Å²) < 4.78 is 39.4. The van der Waals surface area contributed by atoms with Crippen LogP contribution in [0.1, 0.15) is 25.8 Å². The number of carbonyl (C=O) groups is 1. The molecule has 3 aliphatic rings. The minimum atomic E-state index is -3.65. The Morgan fingerprint density at radius 2 is 2.04 bits per heavy atom. The van der Waals surface area contributed by atoms with Crippen LogP contribution in [0.15, 0.2) is 41.3 Å². The number of hydrogen-bond donors (Lipinski definition) is 0. The average Bonchev–Trinajstić information content (AvgIpc) is 3.15. The molecule has 6 nitrogen and oxygen atoms in total. The first-order chi connectivity index (χ1) is 12.8. The Morgan fingerprint density at radius 1 is 1.33 bits per heavy atom. The summed E-state index contributed by atoms with van der Waals surface area (Å²) in [7, 11) is -3.65. The summed E-state index contributed by atoms with van der Waals surface area (Å²) in [5.41, 5.74) is 0.439. The van der Waals surface area contributed by atoms with Crippen molar-refractivity contribution in [3.8, 4) is 0 Å². The summed E-state index contributed by atoms with van der Waals surface area (Å²) in [6, 6.07) is 6.66. The number of sulfonamides is 1. The van der Waals surface area contributed by atoms with Gasteiger partial charge in [-0.15, -0.1) is 0 Å². The molecule has 0 aliphatic carbocycles. The smallest absolute Gasteiger partial charge is 0.312 e. The molecule has 3 aliphatic heterocycles. The zero-order valence-corrected chi connectivity index (χ0v) is 16.6. The Hall–Kier alpha value is -1.70.